The van der Waals surface area contributed by atoms with Gasteiger partial charge in [0.2, 0.25) is 0 Å². The summed E-state index contributed by atoms with van der Waals surface area (Å²) in [5.41, 5.74) is 0. The van der Waals surface area contributed by atoms with Crippen molar-refractivity contribution in [2.24, 2.45) is 0 Å². The van der Waals surface area contributed by atoms with Gasteiger partial charge in [-0.15, -0.1) is 0 Å². The quantitative estimate of drug-likeness (QED) is 0.527. The van der Waals surface area contributed by atoms with Crippen LogP contribution in [0.25, 0.3) is 0 Å². The van der Waals surface area contributed by atoms with E-state index < -0.39 is 23.9 Å². The monoisotopic (exact) mass is 340 g/mol. The lowest BCUT2D eigenvalue weighted by molar-refractivity contribution is -0.143. The Morgan fingerprint density at radius 3 is 1.19 bits per heavy atom. The summed E-state index contributed by atoms with van der Waals surface area (Å²) in [7, 11) is 3.69. The van der Waals surface area contributed by atoms with Crippen LogP contribution in [0.15, 0.2) is 11.5 Å². The molecule has 0 amide bonds. The Labute approximate surface area is 128 Å². The highest BCUT2D eigenvalue weighted by Crippen LogP contribution is 2.27. The second-order valence-electron chi connectivity index (χ2n) is 3.33. The Hall–Kier alpha value is -1.68. The van der Waals surface area contributed by atoms with Crippen LogP contribution in [0.4, 0.5) is 0 Å². The molecule has 1 heterocycles. The molecule has 0 radical (unpaired) electrons. The van der Waals surface area contributed by atoms with Gasteiger partial charge in [-0.05, 0) is 5.41 Å². The van der Waals surface area contributed by atoms with Crippen molar-refractivity contribution in [2.75, 3.05) is 5.75 Å². The summed E-state index contributed by atoms with van der Waals surface area (Å²) in [6.45, 7) is 0. The minimum absolute atomic E-state index is 0.296. The molecule has 120 valence electrons. The molecule has 0 aromatic rings. The summed E-state index contributed by atoms with van der Waals surface area (Å²) in [5.74, 6) is -3.11. The zero-order chi connectivity index (χ0) is 16.7. The fraction of sp³-hybridized carbons (Fsp3) is 0.455. The molecule has 21 heavy (non-hydrogen) atoms. The number of hydrogen-bond donors (Lipinski definition) is 4. The first-order valence-corrected chi connectivity index (χ1v) is 7.94. The number of rotatable bonds is 6. The van der Waals surface area contributed by atoms with Gasteiger partial charge in [0.25, 0.3) is 0 Å². The van der Waals surface area contributed by atoms with E-state index in [2.05, 4.69) is 11.5 Å². The molecule has 1 aliphatic rings. The second-order valence-corrected chi connectivity index (χ2v) is 5.65. The molecular weight excluding hydrogens is 324 g/mol. The van der Waals surface area contributed by atoms with Crippen LogP contribution >= 0.6 is 21.6 Å². The van der Waals surface area contributed by atoms with Crippen molar-refractivity contribution >= 4 is 45.5 Å². The van der Waals surface area contributed by atoms with E-state index in [1.807, 2.05) is 21.6 Å². The number of carbonyl (C=O) groups is 4. The fourth-order valence-electron chi connectivity index (χ4n) is 0.624. The third-order valence-corrected chi connectivity index (χ3v) is 3.41. The normalized spacial score (nSPS) is 11.4. The maximum absolute atomic E-state index is 9.64. The molecule has 0 unspecified atom stereocenters. The van der Waals surface area contributed by atoms with Gasteiger partial charge in [-0.1, -0.05) is 27.7 Å². The highest BCUT2D eigenvalue weighted by Gasteiger charge is 2.01. The summed E-state index contributed by atoms with van der Waals surface area (Å²) in [6.07, 6.45) is 0.977. The predicted molar refractivity (Wildman–Crippen MR) is 78.2 cm³/mol. The van der Waals surface area contributed by atoms with Crippen LogP contribution in [0.3, 0.4) is 0 Å². The topological polar surface area (TPSA) is 149 Å². The maximum atomic E-state index is 9.64. The molecule has 0 aliphatic carbocycles. The van der Waals surface area contributed by atoms with E-state index in [9.17, 15) is 19.2 Å². The van der Waals surface area contributed by atoms with Gasteiger partial charge in [0.1, 0.15) is 0 Å². The summed E-state index contributed by atoms with van der Waals surface area (Å²) in [4.78, 5) is 38.6. The Morgan fingerprint density at radius 2 is 1.10 bits per heavy atom. The number of aliphatic carboxylic acids is 4. The first-order valence-electron chi connectivity index (χ1n) is 5.56. The van der Waals surface area contributed by atoms with Crippen molar-refractivity contribution in [1.82, 2.24) is 0 Å². The van der Waals surface area contributed by atoms with Crippen molar-refractivity contribution in [3.8, 4) is 0 Å². The molecule has 0 saturated carbocycles. The molecule has 0 spiro atoms. The average molecular weight is 340 g/mol. The van der Waals surface area contributed by atoms with Crippen LogP contribution in [-0.2, 0) is 19.2 Å². The number of hydrogen-bond acceptors (Lipinski definition) is 6. The summed E-state index contributed by atoms with van der Waals surface area (Å²) in [6, 6.07) is 0. The van der Waals surface area contributed by atoms with Crippen molar-refractivity contribution in [3.63, 3.8) is 0 Å². The van der Waals surface area contributed by atoms with Crippen LogP contribution < -0.4 is 0 Å². The largest absolute Gasteiger partial charge is 0.481 e. The Morgan fingerprint density at radius 1 is 0.762 bits per heavy atom. The predicted octanol–water partition coefficient (Wildman–Crippen LogP) is 1.77. The van der Waals surface area contributed by atoms with Gasteiger partial charge in [0.05, 0.1) is 25.7 Å². The van der Waals surface area contributed by atoms with Crippen LogP contribution in [-0.4, -0.2) is 50.1 Å². The van der Waals surface area contributed by atoms with Crippen molar-refractivity contribution in [3.05, 3.63) is 11.5 Å². The second kappa shape index (κ2) is 14.7. The zero-order valence-corrected chi connectivity index (χ0v) is 12.6. The van der Waals surface area contributed by atoms with Crippen LogP contribution in [0.5, 0.6) is 0 Å². The standard InChI is InChI=1S/2C4H6O4.C3H4S2/c2*5-3(6)1-2-4(7)8;1-2-4-5-3-1/h2*1-2H2,(H,5,6)(H,7,8);1-2H,3H2. The average Bonchev–Trinajstić information content (AvgIpc) is 2.93. The fourth-order valence-corrected chi connectivity index (χ4v) is 2.20. The van der Waals surface area contributed by atoms with E-state index in [4.69, 9.17) is 20.4 Å². The van der Waals surface area contributed by atoms with E-state index in [0.29, 0.717) is 0 Å². The number of carboxylic acid groups (broad SMARTS) is 4. The smallest absolute Gasteiger partial charge is 0.303 e. The van der Waals surface area contributed by atoms with Gasteiger partial charge in [-0.3, -0.25) is 19.2 Å². The lowest BCUT2D eigenvalue weighted by atomic mass is 10.3. The Balaban J connectivity index is 0. The first-order chi connectivity index (χ1) is 9.75. The van der Waals surface area contributed by atoms with E-state index in [-0.39, 0.29) is 25.7 Å². The Kier molecular flexibility index (Phi) is 15.2. The summed E-state index contributed by atoms with van der Waals surface area (Å²) in [5, 5.41) is 33.7. The van der Waals surface area contributed by atoms with E-state index >= 15 is 0 Å². The van der Waals surface area contributed by atoms with Gasteiger partial charge in [-0.25, -0.2) is 0 Å². The molecular formula is C11H16O8S2. The van der Waals surface area contributed by atoms with E-state index in [1.165, 1.54) is 5.75 Å². The lowest BCUT2D eigenvalue weighted by Gasteiger charge is -1.85. The SMILES string of the molecule is C1=CSSC1.O=C(O)CCC(=O)O.O=C(O)CCC(=O)O. The van der Waals surface area contributed by atoms with Crippen molar-refractivity contribution in [2.45, 2.75) is 25.7 Å². The molecule has 10 heteroatoms. The van der Waals surface area contributed by atoms with Gasteiger partial charge < -0.3 is 20.4 Å². The van der Waals surface area contributed by atoms with E-state index in [1.54, 1.807) is 0 Å². The lowest BCUT2D eigenvalue weighted by Crippen LogP contribution is -2.00. The summed E-state index contributed by atoms with van der Waals surface area (Å²) < 4.78 is 0. The van der Waals surface area contributed by atoms with Crippen molar-refractivity contribution < 1.29 is 39.6 Å². The molecule has 0 aromatic carbocycles. The molecule has 0 atom stereocenters. The third kappa shape index (κ3) is 27.5. The Bertz CT molecular complexity index is 318. The van der Waals surface area contributed by atoms with Gasteiger partial charge >= 0.3 is 23.9 Å². The van der Waals surface area contributed by atoms with E-state index in [0.717, 1.165) is 0 Å². The summed E-state index contributed by atoms with van der Waals surface area (Å²) >= 11 is 0. The minimum Gasteiger partial charge on any atom is -0.481 e. The molecule has 0 bridgehead atoms. The van der Waals surface area contributed by atoms with Gasteiger partial charge in [0, 0.05) is 5.75 Å². The number of carboxylic acids is 4. The van der Waals surface area contributed by atoms with Crippen LogP contribution in [0.2, 0.25) is 0 Å². The molecule has 8 nitrogen and oxygen atoms in total. The zero-order valence-electron chi connectivity index (χ0n) is 10.9. The van der Waals surface area contributed by atoms with Gasteiger partial charge in [0.15, 0.2) is 0 Å². The van der Waals surface area contributed by atoms with Crippen LogP contribution in [0, 0.1) is 0 Å². The maximum Gasteiger partial charge on any atom is 0.303 e. The van der Waals surface area contributed by atoms with Gasteiger partial charge in [-0.2, -0.15) is 0 Å². The molecule has 4 N–H and O–H groups in total. The van der Waals surface area contributed by atoms with Crippen LogP contribution in [0.1, 0.15) is 25.7 Å². The molecule has 0 fully saturated rings. The molecule has 1 rings (SSSR count). The molecule has 1 aliphatic heterocycles. The first kappa shape index (κ1) is 21.6. The third-order valence-electron chi connectivity index (χ3n) is 1.49. The minimum atomic E-state index is -1.08. The molecule has 0 saturated heterocycles. The highest BCUT2D eigenvalue weighted by atomic mass is 33.1. The highest BCUT2D eigenvalue weighted by molar-refractivity contribution is 8.78. The van der Waals surface area contributed by atoms with Crippen molar-refractivity contribution in [1.29, 1.82) is 0 Å². The molecule has 0 aromatic heterocycles.